The summed E-state index contributed by atoms with van der Waals surface area (Å²) >= 11 is 0. The van der Waals surface area contributed by atoms with Gasteiger partial charge in [0.1, 0.15) is 5.75 Å². The number of hydrogen-bond donors (Lipinski definition) is 2. The fraction of sp³-hybridized carbons (Fsp3) is 0.444. The second kappa shape index (κ2) is 16.9. The molecule has 0 fully saturated rings. The van der Waals surface area contributed by atoms with Gasteiger partial charge in [0.05, 0.1) is 41.7 Å². The van der Waals surface area contributed by atoms with Crippen LogP contribution in [-0.2, 0) is 26.0 Å². The van der Waals surface area contributed by atoms with Gasteiger partial charge in [0, 0.05) is 38.3 Å². The van der Waals surface area contributed by atoms with Gasteiger partial charge in [-0.2, -0.15) is 4.31 Å². The second-order valence-corrected chi connectivity index (χ2v) is 14.4. The summed E-state index contributed by atoms with van der Waals surface area (Å²) in [6.45, 7) is 6.03. The van der Waals surface area contributed by atoms with Gasteiger partial charge in [-0.25, -0.2) is 8.42 Å². The molecule has 2 N–H and O–H groups in total. The van der Waals surface area contributed by atoms with Gasteiger partial charge in [0.15, 0.2) is 0 Å². The Balaban J connectivity index is 1.63. The molecule has 3 aromatic carbocycles. The summed E-state index contributed by atoms with van der Waals surface area (Å²) < 4.78 is 40.6. The number of sulfonamides is 1. The number of nitrogens with one attached hydrogen (secondary N) is 1. The fourth-order valence-electron chi connectivity index (χ4n) is 5.57. The maximum absolute atomic E-state index is 14.3. The lowest BCUT2D eigenvalue weighted by Crippen LogP contribution is -2.48. The van der Waals surface area contributed by atoms with E-state index in [0.29, 0.717) is 24.5 Å². The number of benzene rings is 3. The third-order valence-corrected chi connectivity index (χ3v) is 10.3. The van der Waals surface area contributed by atoms with Crippen molar-refractivity contribution in [1.82, 2.24) is 9.21 Å². The van der Waals surface area contributed by atoms with Crippen LogP contribution in [0.5, 0.6) is 5.75 Å². The van der Waals surface area contributed by atoms with E-state index in [4.69, 9.17) is 9.47 Å². The van der Waals surface area contributed by atoms with Gasteiger partial charge in [0.2, 0.25) is 15.9 Å². The molecule has 1 heterocycles. The lowest BCUT2D eigenvalue weighted by molar-refractivity contribution is -0.115. The second-order valence-electron chi connectivity index (χ2n) is 12.3. The Hall–Kier alpha value is -3.77. The van der Waals surface area contributed by atoms with E-state index in [-0.39, 0.29) is 60.4 Å². The summed E-state index contributed by atoms with van der Waals surface area (Å²) in [7, 11) is -2.23. The van der Waals surface area contributed by atoms with Gasteiger partial charge < -0.3 is 24.8 Å². The van der Waals surface area contributed by atoms with Crippen molar-refractivity contribution < 1.29 is 32.6 Å². The zero-order chi connectivity index (χ0) is 34.0. The normalized spacial score (nSPS) is 20.5. The number of aliphatic hydroxyl groups is 1. The van der Waals surface area contributed by atoms with Crippen molar-refractivity contribution in [2.24, 2.45) is 5.92 Å². The molecule has 254 valence electrons. The summed E-state index contributed by atoms with van der Waals surface area (Å²) in [6.07, 6.45) is 1.72. The number of amides is 2. The lowest BCUT2D eigenvalue weighted by Gasteiger charge is -2.35. The van der Waals surface area contributed by atoms with Crippen molar-refractivity contribution >= 4 is 27.5 Å². The molecule has 4 atom stereocenters. The summed E-state index contributed by atoms with van der Waals surface area (Å²) in [4.78, 5) is 29.0. The quantitative estimate of drug-likeness (QED) is 0.330. The van der Waals surface area contributed by atoms with Gasteiger partial charge in [-0.15, -0.1) is 0 Å². The number of anilines is 1. The maximum atomic E-state index is 14.3. The van der Waals surface area contributed by atoms with Crippen LogP contribution in [0.4, 0.5) is 5.69 Å². The first-order chi connectivity index (χ1) is 22.5. The molecule has 0 saturated heterocycles. The molecule has 4 rings (SSSR count). The first-order valence-corrected chi connectivity index (χ1v) is 17.6. The molecule has 0 aromatic heterocycles. The molecule has 0 unspecified atom stereocenters. The highest BCUT2D eigenvalue weighted by atomic mass is 32.2. The molecule has 0 saturated carbocycles. The van der Waals surface area contributed by atoms with Crippen LogP contribution < -0.4 is 10.1 Å². The monoisotopic (exact) mass is 665 g/mol. The third kappa shape index (κ3) is 9.87. The summed E-state index contributed by atoms with van der Waals surface area (Å²) in [5.41, 5.74) is 1.58. The van der Waals surface area contributed by atoms with Crippen LogP contribution in [0.15, 0.2) is 83.8 Å². The topological polar surface area (TPSA) is 125 Å². The van der Waals surface area contributed by atoms with E-state index in [1.54, 1.807) is 60.4 Å². The molecule has 0 radical (unpaired) electrons. The van der Waals surface area contributed by atoms with Crippen LogP contribution in [0.1, 0.15) is 56.0 Å². The number of nitrogens with zero attached hydrogens (tertiary/aromatic N) is 2. The molecule has 0 aliphatic carbocycles. The number of ether oxygens (including phenoxy) is 2. The molecule has 0 spiro atoms. The number of aliphatic hydroxyl groups excluding tert-OH is 1. The van der Waals surface area contributed by atoms with Gasteiger partial charge in [-0.05, 0) is 69.0 Å². The van der Waals surface area contributed by atoms with Crippen molar-refractivity contribution in [1.29, 1.82) is 0 Å². The number of carbonyl (C=O) groups excluding carboxylic acids is 2. The first kappa shape index (κ1) is 36.1. The Kier molecular flexibility index (Phi) is 12.9. The number of carbonyl (C=O) groups is 2. The summed E-state index contributed by atoms with van der Waals surface area (Å²) in [5.74, 6) is -0.505. The number of likely N-dealkylation sites (N-methyl/N-ethyl adjacent to an activating group) is 1. The minimum atomic E-state index is -3.77. The Labute approximate surface area is 278 Å². The largest absolute Gasteiger partial charge is 0.490 e. The minimum absolute atomic E-state index is 0.0849. The smallest absolute Gasteiger partial charge is 0.258 e. The highest BCUT2D eigenvalue weighted by molar-refractivity contribution is 7.89. The van der Waals surface area contributed by atoms with Crippen LogP contribution in [0, 0.1) is 5.92 Å². The van der Waals surface area contributed by atoms with Crippen LogP contribution in [0.3, 0.4) is 0 Å². The van der Waals surface area contributed by atoms with E-state index in [1.165, 1.54) is 11.4 Å². The van der Waals surface area contributed by atoms with Gasteiger partial charge in [0.25, 0.3) is 5.91 Å². The average Bonchev–Trinajstić information content (AvgIpc) is 3.06. The predicted octanol–water partition coefficient (Wildman–Crippen LogP) is 4.98. The standard InChI is InChI=1S/C36H47N3O7S/c1-26-23-39(27(2)25-40)36(42)32-22-30(37-35(41)21-29-14-7-5-8-15-29)18-19-33(32)46-28(3)13-11-12-20-45-34(26)24-38(4)47(43,44)31-16-9-6-10-17-31/h5-10,14-19,22,26-28,34,40H,11-13,20-21,23-25H2,1-4H3,(H,37,41)/t26-,27-,28+,34+/m0/s1. The van der Waals surface area contributed by atoms with Crippen LogP contribution in [-0.4, -0.2) is 86.1 Å². The van der Waals surface area contributed by atoms with Gasteiger partial charge in [-0.3, -0.25) is 9.59 Å². The zero-order valence-electron chi connectivity index (χ0n) is 27.7. The van der Waals surface area contributed by atoms with Crippen LogP contribution >= 0.6 is 0 Å². The molecule has 11 heteroatoms. The number of rotatable bonds is 9. The molecular weight excluding hydrogens is 618 g/mol. The van der Waals surface area contributed by atoms with E-state index in [0.717, 1.165) is 18.4 Å². The van der Waals surface area contributed by atoms with Crippen molar-refractivity contribution in [3.63, 3.8) is 0 Å². The minimum Gasteiger partial charge on any atom is -0.490 e. The van der Waals surface area contributed by atoms with Crippen molar-refractivity contribution in [3.8, 4) is 5.75 Å². The SMILES string of the molecule is C[C@@H]1CCCCO[C@H](CN(C)S(=O)(=O)c2ccccc2)[C@@H](C)CN([C@@H](C)CO)C(=O)c2cc(NC(=O)Cc3ccccc3)ccc2O1. The molecule has 47 heavy (non-hydrogen) atoms. The van der Waals surface area contributed by atoms with Crippen molar-refractivity contribution in [3.05, 3.63) is 90.0 Å². The maximum Gasteiger partial charge on any atom is 0.258 e. The summed E-state index contributed by atoms with van der Waals surface area (Å²) in [6, 6.07) is 22.1. The average molecular weight is 666 g/mol. The summed E-state index contributed by atoms with van der Waals surface area (Å²) in [5, 5.41) is 13.1. The number of fused-ring (bicyclic) bond motifs is 1. The van der Waals surface area contributed by atoms with Crippen LogP contribution in [0.25, 0.3) is 0 Å². The molecular formula is C36H47N3O7S. The highest BCUT2D eigenvalue weighted by Crippen LogP contribution is 2.29. The lowest BCUT2D eigenvalue weighted by atomic mass is 10.0. The Morgan fingerprint density at radius 1 is 1.04 bits per heavy atom. The van der Waals surface area contributed by atoms with Crippen molar-refractivity contribution in [2.75, 3.05) is 38.7 Å². The Bertz CT molecular complexity index is 1570. The fourth-order valence-corrected chi connectivity index (χ4v) is 6.78. The van der Waals surface area contributed by atoms with E-state index < -0.39 is 22.2 Å². The van der Waals surface area contributed by atoms with E-state index in [9.17, 15) is 23.1 Å². The van der Waals surface area contributed by atoms with Crippen LogP contribution in [0.2, 0.25) is 0 Å². The van der Waals surface area contributed by atoms with Gasteiger partial charge >= 0.3 is 0 Å². The van der Waals surface area contributed by atoms with Gasteiger partial charge in [-0.1, -0.05) is 55.5 Å². The van der Waals surface area contributed by atoms with E-state index in [1.807, 2.05) is 44.2 Å². The molecule has 2 amide bonds. The van der Waals surface area contributed by atoms with E-state index >= 15 is 0 Å². The highest BCUT2D eigenvalue weighted by Gasteiger charge is 2.32. The molecule has 3 aromatic rings. The molecule has 0 bridgehead atoms. The zero-order valence-corrected chi connectivity index (χ0v) is 28.5. The first-order valence-electron chi connectivity index (χ1n) is 16.2. The Morgan fingerprint density at radius 3 is 2.40 bits per heavy atom. The molecule has 10 nitrogen and oxygen atoms in total. The molecule has 1 aliphatic rings. The van der Waals surface area contributed by atoms with Crippen molar-refractivity contribution in [2.45, 2.75) is 69.6 Å². The predicted molar refractivity (Wildman–Crippen MR) is 182 cm³/mol. The Morgan fingerprint density at radius 2 is 1.72 bits per heavy atom. The third-order valence-electron chi connectivity index (χ3n) is 8.43. The molecule has 1 aliphatic heterocycles. The number of hydrogen-bond acceptors (Lipinski definition) is 7. The van der Waals surface area contributed by atoms with E-state index in [2.05, 4.69) is 5.32 Å².